The van der Waals surface area contributed by atoms with Gasteiger partial charge >= 0.3 is 0 Å². The molecule has 4 heteroatoms. The first-order chi connectivity index (χ1) is 7.74. The number of allylic oxidation sites excluding steroid dienone is 1. The zero-order chi connectivity index (χ0) is 12.0. The Morgan fingerprint density at radius 1 is 1.38 bits per heavy atom. The first-order valence-electron chi connectivity index (χ1n) is 4.73. The molecule has 0 unspecified atom stereocenters. The standard InChI is InChI=1S/C12H14ClNO2/c1-9(15-2)12(14-16-3)11-7-5-4-6-10(11)8-13/h4-7H,1,8H2,2-3H3/b14-12-. The van der Waals surface area contributed by atoms with Gasteiger partial charge in [-0.1, -0.05) is 36.0 Å². The van der Waals surface area contributed by atoms with Crippen molar-refractivity contribution in [1.29, 1.82) is 0 Å². The topological polar surface area (TPSA) is 30.8 Å². The summed E-state index contributed by atoms with van der Waals surface area (Å²) in [5.74, 6) is 0.843. The number of hydrogen-bond donors (Lipinski definition) is 0. The Hall–Kier alpha value is -1.48. The van der Waals surface area contributed by atoms with Crippen LogP contribution in [0.25, 0.3) is 0 Å². The van der Waals surface area contributed by atoms with Crippen molar-refractivity contribution in [2.45, 2.75) is 5.88 Å². The van der Waals surface area contributed by atoms with E-state index >= 15 is 0 Å². The molecule has 16 heavy (non-hydrogen) atoms. The summed E-state index contributed by atoms with van der Waals surface area (Å²) in [6.45, 7) is 3.77. The molecule has 0 fully saturated rings. The highest BCUT2D eigenvalue weighted by Gasteiger charge is 2.13. The summed E-state index contributed by atoms with van der Waals surface area (Å²) >= 11 is 5.86. The van der Waals surface area contributed by atoms with E-state index in [9.17, 15) is 0 Å². The molecule has 0 spiro atoms. The normalized spacial score (nSPS) is 11.1. The molecule has 0 saturated heterocycles. The maximum atomic E-state index is 5.86. The second kappa shape index (κ2) is 6.18. The highest BCUT2D eigenvalue weighted by molar-refractivity contribution is 6.19. The lowest BCUT2D eigenvalue weighted by molar-refractivity contribution is 0.210. The van der Waals surface area contributed by atoms with Crippen LogP contribution in [0.5, 0.6) is 0 Å². The van der Waals surface area contributed by atoms with Gasteiger partial charge in [-0.25, -0.2) is 0 Å². The van der Waals surface area contributed by atoms with Crippen LogP contribution in [0, 0.1) is 0 Å². The van der Waals surface area contributed by atoms with Crippen molar-refractivity contribution in [2.75, 3.05) is 14.2 Å². The van der Waals surface area contributed by atoms with Gasteiger partial charge in [0.1, 0.15) is 12.9 Å². The molecule has 0 radical (unpaired) electrons. The molecule has 0 saturated carbocycles. The van der Waals surface area contributed by atoms with E-state index in [2.05, 4.69) is 11.7 Å². The third-order valence-electron chi connectivity index (χ3n) is 2.11. The highest BCUT2D eigenvalue weighted by Crippen LogP contribution is 2.16. The van der Waals surface area contributed by atoms with E-state index in [0.717, 1.165) is 11.1 Å². The van der Waals surface area contributed by atoms with E-state index < -0.39 is 0 Å². The molecule has 0 aromatic heterocycles. The van der Waals surface area contributed by atoms with Crippen LogP contribution >= 0.6 is 11.6 Å². The Labute approximate surface area is 100 Å². The highest BCUT2D eigenvalue weighted by atomic mass is 35.5. The molecule has 0 aliphatic rings. The average molecular weight is 240 g/mol. The molecular formula is C12H14ClNO2. The number of alkyl halides is 1. The van der Waals surface area contributed by atoms with Crippen molar-refractivity contribution in [2.24, 2.45) is 5.16 Å². The van der Waals surface area contributed by atoms with Gasteiger partial charge in [-0.05, 0) is 5.56 Å². The molecule has 1 aromatic carbocycles. The fourth-order valence-corrected chi connectivity index (χ4v) is 1.54. The van der Waals surface area contributed by atoms with Crippen LogP contribution in [0.15, 0.2) is 41.8 Å². The van der Waals surface area contributed by atoms with Crippen molar-refractivity contribution in [1.82, 2.24) is 0 Å². The minimum atomic E-state index is 0.399. The lowest BCUT2D eigenvalue weighted by Gasteiger charge is -2.10. The molecule has 1 aromatic rings. The van der Waals surface area contributed by atoms with E-state index in [1.165, 1.54) is 14.2 Å². The lowest BCUT2D eigenvalue weighted by Crippen LogP contribution is -2.09. The Morgan fingerprint density at radius 3 is 2.62 bits per heavy atom. The van der Waals surface area contributed by atoms with Crippen LogP contribution < -0.4 is 0 Å². The van der Waals surface area contributed by atoms with Gasteiger partial charge in [-0.2, -0.15) is 0 Å². The Morgan fingerprint density at radius 2 is 2.06 bits per heavy atom. The molecule has 0 atom stereocenters. The zero-order valence-corrected chi connectivity index (χ0v) is 10.1. The summed E-state index contributed by atoms with van der Waals surface area (Å²) in [6.07, 6.45) is 0. The molecule has 0 N–H and O–H groups in total. The van der Waals surface area contributed by atoms with Gasteiger partial charge in [0.2, 0.25) is 0 Å². The maximum absolute atomic E-state index is 5.86. The SMILES string of the molecule is C=C(OC)/C(=N/OC)c1ccccc1CCl. The van der Waals surface area contributed by atoms with Gasteiger partial charge in [-0.3, -0.25) is 0 Å². The molecule has 0 amide bonds. The van der Waals surface area contributed by atoms with Crippen LogP contribution in [-0.4, -0.2) is 19.9 Å². The minimum absolute atomic E-state index is 0.399. The number of methoxy groups -OCH3 is 1. The van der Waals surface area contributed by atoms with Gasteiger partial charge in [-0.15, -0.1) is 11.6 Å². The summed E-state index contributed by atoms with van der Waals surface area (Å²) in [5, 5.41) is 3.91. The number of nitrogens with zero attached hydrogens (tertiary/aromatic N) is 1. The van der Waals surface area contributed by atoms with Crippen molar-refractivity contribution >= 4 is 17.3 Å². The van der Waals surface area contributed by atoms with Gasteiger partial charge < -0.3 is 9.57 Å². The predicted octanol–water partition coefficient (Wildman–Crippen LogP) is 2.94. The summed E-state index contributed by atoms with van der Waals surface area (Å²) in [5.41, 5.74) is 2.38. The average Bonchev–Trinajstić information content (AvgIpc) is 2.35. The third-order valence-corrected chi connectivity index (χ3v) is 2.40. The number of hydrogen-bond acceptors (Lipinski definition) is 3. The minimum Gasteiger partial charge on any atom is -0.495 e. The molecular weight excluding hydrogens is 226 g/mol. The van der Waals surface area contributed by atoms with Gasteiger partial charge in [0.25, 0.3) is 0 Å². The van der Waals surface area contributed by atoms with E-state index in [4.69, 9.17) is 21.2 Å². The van der Waals surface area contributed by atoms with Crippen LogP contribution in [0.2, 0.25) is 0 Å². The first kappa shape index (κ1) is 12.6. The van der Waals surface area contributed by atoms with Gasteiger partial charge in [0.15, 0.2) is 5.71 Å². The quantitative estimate of drug-likeness (QED) is 0.342. The largest absolute Gasteiger partial charge is 0.495 e. The molecule has 0 heterocycles. The predicted molar refractivity (Wildman–Crippen MR) is 65.7 cm³/mol. The van der Waals surface area contributed by atoms with E-state index in [-0.39, 0.29) is 0 Å². The lowest BCUT2D eigenvalue weighted by atomic mass is 10.0. The summed E-state index contributed by atoms with van der Waals surface area (Å²) in [7, 11) is 3.02. The molecule has 0 bridgehead atoms. The number of halogens is 1. The fourth-order valence-electron chi connectivity index (χ4n) is 1.31. The number of rotatable bonds is 5. The summed E-state index contributed by atoms with van der Waals surface area (Å²) in [6, 6.07) is 7.65. The Kier molecular flexibility index (Phi) is 4.86. The molecule has 0 aliphatic heterocycles. The van der Waals surface area contributed by atoms with E-state index in [1.54, 1.807) is 0 Å². The Balaban J connectivity index is 3.21. The van der Waals surface area contributed by atoms with E-state index in [1.807, 2.05) is 24.3 Å². The molecule has 1 rings (SSSR count). The smallest absolute Gasteiger partial charge is 0.151 e. The van der Waals surface area contributed by atoms with Gasteiger partial charge in [0.05, 0.1) is 7.11 Å². The third kappa shape index (κ3) is 2.76. The first-order valence-corrected chi connectivity index (χ1v) is 5.26. The molecule has 86 valence electrons. The number of benzene rings is 1. The Bertz CT molecular complexity index is 402. The second-order valence-corrected chi connectivity index (χ2v) is 3.31. The molecule has 3 nitrogen and oxygen atoms in total. The monoisotopic (exact) mass is 239 g/mol. The van der Waals surface area contributed by atoms with Crippen LogP contribution in [0.4, 0.5) is 0 Å². The maximum Gasteiger partial charge on any atom is 0.151 e. The van der Waals surface area contributed by atoms with E-state index in [0.29, 0.717) is 17.4 Å². The molecule has 0 aliphatic carbocycles. The van der Waals surface area contributed by atoms with Crippen LogP contribution in [-0.2, 0) is 15.5 Å². The van der Waals surface area contributed by atoms with Crippen molar-refractivity contribution < 1.29 is 9.57 Å². The van der Waals surface area contributed by atoms with Crippen molar-refractivity contribution in [3.8, 4) is 0 Å². The van der Waals surface area contributed by atoms with Crippen molar-refractivity contribution in [3.05, 3.63) is 47.7 Å². The van der Waals surface area contributed by atoms with Crippen LogP contribution in [0.3, 0.4) is 0 Å². The van der Waals surface area contributed by atoms with Crippen LogP contribution in [0.1, 0.15) is 11.1 Å². The summed E-state index contributed by atoms with van der Waals surface area (Å²) < 4.78 is 5.07. The van der Waals surface area contributed by atoms with Gasteiger partial charge in [0, 0.05) is 11.4 Å². The van der Waals surface area contributed by atoms with Crippen molar-refractivity contribution in [3.63, 3.8) is 0 Å². The summed E-state index contributed by atoms with van der Waals surface area (Å²) in [4.78, 5) is 4.78. The second-order valence-electron chi connectivity index (χ2n) is 3.04. The zero-order valence-electron chi connectivity index (χ0n) is 9.37. The number of ether oxygens (including phenoxy) is 1. The fraction of sp³-hybridized carbons (Fsp3) is 0.250. The number of oxime groups is 1.